The van der Waals surface area contributed by atoms with Gasteiger partial charge >= 0.3 is 0 Å². The maximum Gasteiger partial charge on any atom is 0.287 e. The molecule has 0 radical (unpaired) electrons. The molecular formula is C37H52N8O9S. The van der Waals surface area contributed by atoms with Crippen molar-refractivity contribution in [1.29, 1.82) is 0 Å². The Kier molecular flexibility index (Phi) is 12.1. The molecule has 6 N–H and O–H groups in total. The number of carbonyl (C=O) groups is 5. The number of nitrogens with two attached hydrogens (primary N) is 1. The van der Waals surface area contributed by atoms with Crippen LogP contribution in [0.25, 0.3) is 0 Å². The Bertz CT molecular complexity index is 1860. The van der Waals surface area contributed by atoms with Gasteiger partial charge in [-0.3, -0.25) is 24.0 Å². The van der Waals surface area contributed by atoms with E-state index in [1.807, 2.05) is 0 Å². The van der Waals surface area contributed by atoms with E-state index in [4.69, 9.17) is 10.5 Å². The van der Waals surface area contributed by atoms with Crippen molar-refractivity contribution in [1.82, 2.24) is 35.2 Å². The third-order valence-electron chi connectivity index (χ3n) is 11.5. The number of hydrogen-bond acceptors (Lipinski definition) is 11. The Morgan fingerprint density at radius 3 is 2.29 bits per heavy atom. The summed E-state index contributed by atoms with van der Waals surface area (Å²) in [6.07, 6.45) is 9.02. The van der Waals surface area contributed by atoms with Crippen molar-refractivity contribution in [2.75, 3.05) is 19.8 Å². The normalized spacial score (nSPS) is 22.7. The molecule has 2 aliphatic heterocycles. The first kappa shape index (κ1) is 40.4. The van der Waals surface area contributed by atoms with Gasteiger partial charge in [0.2, 0.25) is 27.6 Å². The number of nitrogens with zero attached hydrogens (tertiary/aromatic N) is 4. The minimum Gasteiger partial charge on any atom is -0.384 e. The van der Waals surface area contributed by atoms with E-state index < -0.39 is 68.7 Å². The highest BCUT2D eigenvalue weighted by atomic mass is 32.2. The van der Waals surface area contributed by atoms with Crippen molar-refractivity contribution < 1.29 is 42.2 Å². The highest BCUT2D eigenvalue weighted by Gasteiger charge is 2.49. The average molecular weight is 785 g/mol. The van der Waals surface area contributed by atoms with Crippen LogP contribution in [0.4, 0.5) is 0 Å². The number of likely N-dealkylation sites (tertiary alicyclic amines) is 1. The lowest BCUT2D eigenvalue weighted by atomic mass is 9.84. The molecule has 1 aromatic heterocycles. The Hall–Kier alpha value is -4.26. The molecule has 4 aliphatic rings. The fourth-order valence-electron chi connectivity index (χ4n) is 8.14. The molecule has 2 aliphatic carbocycles. The number of aromatic nitrogens is 3. The van der Waals surface area contributed by atoms with Gasteiger partial charge < -0.3 is 31.1 Å². The van der Waals surface area contributed by atoms with Crippen LogP contribution in [0, 0.1) is 5.92 Å². The van der Waals surface area contributed by atoms with Gasteiger partial charge in [-0.05, 0) is 63.3 Å². The van der Waals surface area contributed by atoms with Gasteiger partial charge in [-0.15, -0.1) is 5.10 Å². The van der Waals surface area contributed by atoms with Crippen LogP contribution in [0.2, 0.25) is 0 Å². The molecular weight excluding hydrogens is 733 g/mol. The SMILES string of the molecule is CC(C)(O)c1cnnn1C1CC(C(=O)NC2(C(=O)C(N)=O)CCOCC2)N(C(=O)[C@@H](CC2CCCCC2)NC(=O)c2ccc(S(=O)(=O)NC3CCC3)cc2)C1. The van der Waals surface area contributed by atoms with E-state index in [1.165, 1.54) is 40.0 Å². The zero-order valence-corrected chi connectivity index (χ0v) is 32.2. The molecule has 17 nitrogen and oxygen atoms in total. The Labute approximate surface area is 320 Å². The summed E-state index contributed by atoms with van der Waals surface area (Å²) in [5.41, 5.74) is 2.95. The summed E-state index contributed by atoms with van der Waals surface area (Å²) in [6.45, 7) is 3.29. The van der Waals surface area contributed by atoms with E-state index in [9.17, 15) is 37.5 Å². The van der Waals surface area contributed by atoms with E-state index in [0.29, 0.717) is 12.1 Å². The molecule has 55 heavy (non-hydrogen) atoms. The third kappa shape index (κ3) is 9.08. The number of ketones is 1. The molecule has 4 amide bonds. The Morgan fingerprint density at radius 2 is 1.69 bits per heavy atom. The number of nitrogens with one attached hydrogen (secondary N) is 3. The van der Waals surface area contributed by atoms with Crippen LogP contribution < -0.4 is 21.1 Å². The lowest BCUT2D eigenvalue weighted by molar-refractivity contribution is -0.147. The second-order valence-corrected chi connectivity index (χ2v) is 17.6. The summed E-state index contributed by atoms with van der Waals surface area (Å²) in [5, 5.41) is 24.7. The molecule has 0 spiro atoms. The molecule has 4 fully saturated rings. The van der Waals surface area contributed by atoms with Gasteiger partial charge in [0.25, 0.3) is 11.8 Å². The quantitative estimate of drug-likeness (QED) is 0.169. The van der Waals surface area contributed by atoms with Crippen molar-refractivity contribution in [2.45, 2.75) is 131 Å². The zero-order valence-electron chi connectivity index (χ0n) is 31.4. The Balaban J connectivity index is 1.29. The molecule has 0 bridgehead atoms. The maximum absolute atomic E-state index is 14.8. The number of sulfonamides is 1. The predicted molar refractivity (Wildman–Crippen MR) is 196 cm³/mol. The standard InChI is InChI=1S/C37H52N8O9S/c1-36(2,51)30-21-39-43-45(30)26-20-29(34(49)41-37(31(46)32(38)47)15-17-54-18-16-37)44(22-26)35(50)28(19-23-7-4-3-5-8-23)40-33(48)24-11-13-27(14-12-24)55(52,53)42-25-9-6-10-25/h11-14,21,23,25-26,28-29,42,51H,3-10,15-20,22H2,1-2H3,(H2,38,47)(H,40,48)(H,41,49)/t26?,28-,29?/m1/s1. The van der Waals surface area contributed by atoms with Crippen molar-refractivity contribution in [3.05, 3.63) is 41.7 Å². The molecule has 300 valence electrons. The smallest absolute Gasteiger partial charge is 0.287 e. The summed E-state index contributed by atoms with van der Waals surface area (Å²) >= 11 is 0. The van der Waals surface area contributed by atoms with E-state index >= 15 is 0 Å². The molecule has 3 atom stereocenters. The number of carbonyl (C=O) groups excluding carboxylic acids is 5. The summed E-state index contributed by atoms with van der Waals surface area (Å²) in [4.78, 5) is 69.7. The molecule has 6 rings (SSSR count). The highest BCUT2D eigenvalue weighted by molar-refractivity contribution is 7.89. The minimum absolute atomic E-state index is 0.00757. The van der Waals surface area contributed by atoms with Crippen molar-refractivity contribution in [2.24, 2.45) is 11.7 Å². The van der Waals surface area contributed by atoms with E-state index in [2.05, 4.69) is 25.7 Å². The number of rotatable bonds is 14. The van der Waals surface area contributed by atoms with Gasteiger partial charge in [-0.1, -0.05) is 43.7 Å². The monoisotopic (exact) mass is 784 g/mol. The number of benzene rings is 1. The van der Waals surface area contributed by atoms with Crippen LogP contribution in [0.3, 0.4) is 0 Å². The largest absolute Gasteiger partial charge is 0.384 e. The van der Waals surface area contributed by atoms with Crippen molar-refractivity contribution in [3.8, 4) is 0 Å². The fraction of sp³-hybridized carbons (Fsp3) is 0.649. The molecule has 2 aromatic rings. The van der Waals surface area contributed by atoms with Crippen LogP contribution in [0.15, 0.2) is 35.4 Å². The van der Waals surface area contributed by atoms with E-state index in [1.54, 1.807) is 13.8 Å². The summed E-state index contributed by atoms with van der Waals surface area (Å²) in [5.74, 6) is -3.85. The zero-order chi connectivity index (χ0) is 39.5. The van der Waals surface area contributed by atoms with Gasteiger partial charge in [-0.25, -0.2) is 17.8 Å². The third-order valence-corrected chi connectivity index (χ3v) is 13.1. The van der Waals surface area contributed by atoms with Gasteiger partial charge in [0.1, 0.15) is 23.2 Å². The lowest BCUT2D eigenvalue weighted by Crippen LogP contribution is -2.64. The Morgan fingerprint density at radius 1 is 1.02 bits per heavy atom. The van der Waals surface area contributed by atoms with Crippen molar-refractivity contribution >= 4 is 39.4 Å². The summed E-state index contributed by atoms with van der Waals surface area (Å²) in [6, 6.07) is 2.55. The van der Waals surface area contributed by atoms with E-state index in [0.717, 1.165) is 51.4 Å². The van der Waals surface area contributed by atoms with Gasteiger partial charge in [-0.2, -0.15) is 0 Å². The van der Waals surface area contributed by atoms with E-state index in [-0.39, 0.29) is 61.4 Å². The lowest BCUT2D eigenvalue weighted by Gasteiger charge is -2.37. The van der Waals surface area contributed by atoms with Gasteiger partial charge in [0.05, 0.1) is 22.8 Å². The topological polar surface area (TPSA) is 245 Å². The molecule has 2 saturated heterocycles. The number of aliphatic hydroxyl groups is 1. The maximum atomic E-state index is 14.8. The molecule has 18 heteroatoms. The van der Waals surface area contributed by atoms with Crippen LogP contribution in [-0.4, -0.2) is 106 Å². The molecule has 2 saturated carbocycles. The van der Waals surface area contributed by atoms with Crippen LogP contribution in [0.1, 0.15) is 113 Å². The average Bonchev–Trinajstić information content (AvgIpc) is 3.82. The summed E-state index contributed by atoms with van der Waals surface area (Å²) < 4.78 is 35.3. The predicted octanol–water partition coefficient (Wildman–Crippen LogP) is 0.967. The van der Waals surface area contributed by atoms with Gasteiger partial charge in [0.15, 0.2) is 0 Å². The fourth-order valence-corrected chi connectivity index (χ4v) is 9.44. The number of hydrogen-bond donors (Lipinski definition) is 5. The second-order valence-electron chi connectivity index (χ2n) is 15.9. The van der Waals surface area contributed by atoms with Gasteiger partial charge in [0, 0.05) is 50.6 Å². The first-order chi connectivity index (χ1) is 26.1. The second kappa shape index (κ2) is 16.5. The van der Waals surface area contributed by atoms with Crippen LogP contribution in [0.5, 0.6) is 0 Å². The molecule has 3 heterocycles. The van der Waals surface area contributed by atoms with Crippen molar-refractivity contribution in [3.63, 3.8) is 0 Å². The number of Topliss-reactive ketones (excluding diaryl/α,β-unsaturated/α-hetero) is 1. The highest BCUT2D eigenvalue weighted by Crippen LogP contribution is 2.34. The summed E-state index contributed by atoms with van der Waals surface area (Å²) in [7, 11) is -3.77. The number of ether oxygens (including phenoxy) is 1. The van der Waals surface area contributed by atoms with Crippen LogP contribution >= 0.6 is 0 Å². The first-order valence-corrected chi connectivity index (χ1v) is 20.7. The number of amides is 4. The minimum atomic E-state index is -3.77. The number of primary amides is 1. The first-order valence-electron chi connectivity index (χ1n) is 19.2. The molecule has 1 aromatic carbocycles. The van der Waals surface area contributed by atoms with Crippen LogP contribution in [-0.2, 0) is 39.5 Å². The molecule has 2 unspecified atom stereocenters.